The number of aliphatic hydroxyl groups is 1. The third-order valence-corrected chi connectivity index (χ3v) is 2.89. The van der Waals surface area contributed by atoms with Gasteiger partial charge in [0.2, 0.25) is 0 Å². The summed E-state index contributed by atoms with van der Waals surface area (Å²) in [6.45, 7) is 7.96. The summed E-state index contributed by atoms with van der Waals surface area (Å²) >= 11 is 0. The van der Waals surface area contributed by atoms with Crippen molar-refractivity contribution in [2.45, 2.75) is 33.4 Å². The molecule has 0 aromatic heterocycles. The van der Waals surface area contributed by atoms with E-state index in [-0.39, 0.29) is 18.5 Å². The molecule has 0 atom stereocenters. The van der Waals surface area contributed by atoms with E-state index in [1.54, 1.807) is 6.07 Å². The van der Waals surface area contributed by atoms with Gasteiger partial charge in [-0.2, -0.15) is 0 Å². The molecule has 0 aliphatic carbocycles. The maximum absolute atomic E-state index is 14.1. The van der Waals surface area contributed by atoms with Crippen LogP contribution in [0.2, 0.25) is 0 Å². The van der Waals surface area contributed by atoms with E-state index < -0.39 is 0 Å². The molecule has 0 fully saturated rings. The lowest BCUT2D eigenvalue weighted by Gasteiger charge is -2.30. The lowest BCUT2D eigenvalue weighted by Crippen LogP contribution is -2.35. The number of halogens is 1. The first kappa shape index (κ1) is 14.9. The highest BCUT2D eigenvalue weighted by Gasteiger charge is 2.17. The first-order chi connectivity index (χ1) is 8.61. The summed E-state index contributed by atoms with van der Waals surface area (Å²) < 4.78 is 14.1. The van der Waals surface area contributed by atoms with E-state index in [0.717, 1.165) is 12.1 Å². The fourth-order valence-corrected chi connectivity index (χ4v) is 2.02. The second-order valence-electron chi connectivity index (χ2n) is 4.54. The van der Waals surface area contributed by atoms with Crippen molar-refractivity contribution in [1.29, 1.82) is 0 Å². The molecule has 4 heteroatoms. The van der Waals surface area contributed by atoms with Crippen LogP contribution in [0.5, 0.6) is 0 Å². The van der Waals surface area contributed by atoms with Crippen LogP contribution in [0.1, 0.15) is 26.3 Å². The molecule has 0 heterocycles. The zero-order valence-electron chi connectivity index (χ0n) is 11.4. The predicted octanol–water partition coefficient (Wildman–Crippen LogP) is 2.14. The van der Waals surface area contributed by atoms with Crippen molar-refractivity contribution in [3.05, 3.63) is 29.6 Å². The minimum absolute atomic E-state index is 0.0210. The maximum Gasteiger partial charge on any atom is 0.146 e. The van der Waals surface area contributed by atoms with E-state index in [2.05, 4.69) is 5.32 Å². The number of hydrogen-bond acceptors (Lipinski definition) is 3. The van der Waals surface area contributed by atoms with E-state index in [0.29, 0.717) is 18.8 Å². The summed E-state index contributed by atoms with van der Waals surface area (Å²) in [7, 11) is 0. The zero-order chi connectivity index (χ0) is 13.5. The van der Waals surface area contributed by atoms with Gasteiger partial charge in [0.15, 0.2) is 0 Å². The van der Waals surface area contributed by atoms with Gasteiger partial charge in [-0.15, -0.1) is 0 Å². The first-order valence-corrected chi connectivity index (χ1v) is 6.47. The number of anilines is 1. The largest absolute Gasteiger partial charge is 0.395 e. The molecule has 0 spiro atoms. The Labute approximate surface area is 109 Å². The topological polar surface area (TPSA) is 35.5 Å². The Bertz CT molecular complexity index is 369. The monoisotopic (exact) mass is 254 g/mol. The molecule has 2 N–H and O–H groups in total. The van der Waals surface area contributed by atoms with E-state index in [1.165, 1.54) is 6.07 Å². The molecule has 0 radical (unpaired) electrons. The molecule has 1 aromatic carbocycles. The highest BCUT2D eigenvalue weighted by atomic mass is 19.1. The predicted molar refractivity (Wildman–Crippen MR) is 73.3 cm³/mol. The molecule has 0 unspecified atom stereocenters. The molecule has 0 amide bonds. The second-order valence-corrected chi connectivity index (χ2v) is 4.54. The van der Waals surface area contributed by atoms with Gasteiger partial charge in [-0.05, 0) is 32.0 Å². The number of hydrogen-bond donors (Lipinski definition) is 2. The van der Waals surface area contributed by atoms with Gasteiger partial charge in [0, 0.05) is 19.1 Å². The van der Waals surface area contributed by atoms with E-state index >= 15 is 0 Å². The molecule has 0 aliphatic heterocycles. The summed E-state index contributed by atoms with van der Waals surface area (Å²) in [5, 5.41) is 12.3. The van der Waals surface area contributed by atoms with Crippen molar-refractivity contribution in [2.24, 2.45) is 0 Å². The maximum atomic E-state index is 14.1. The van der Waals surface area contributed by atoms with Crippen molar-refractivity contribution in [1.82, 2.24) is 5.32 Å². The van der Waals surface area contributed by atoms with Gasteiger partial charge in [-0.1, -0.05) is 19.1 Å². The van der Waals surface area contributed by atoms with E-state index in [9.17, 15) is 4.39 Å². The molecule has 1 rings (SSSR count). The third kappa shape index (κ3) is 3.68. The van der Waals surface area contributed by atoms with Crippen molar-refractivity contribution < 1.29 is 9.50 Å². The van der Waals surface area contributed by atoms with Crippen LogP contribution in [0, 0.1) is 5.82 Å². The van der Waals surface area contributed by atoms with Crippen LogP contribution in [-0.2, 0) is 6.54 Å². The van der Waals surface area contributed by atoms with Crippen LogP contribution in [0.4, 0.5) is 10.1 Å². The molecular formula is C14H23FN2O. The van der Waals surface area contributed by atoms with Gasteiger partial charge >= 0.3 is 0 Å². The summed E-state index contributed by atoms with van der Waals surface area (Å²) in [6.07, 6.45) is 0. The van der Waals surface area contributed by atoms with Crippen molar-refractivity contribution >= 4 is 5.69 Å². The van der Waals surface area contributed by atoms with Crippen molar-refractivity contribution in [3.63, 3.8) is 0 Å². The zero-order valence-corrected chi connectivity index (χ0v) is 11.4. The summed E-state index contributed by atoms with van der Waals surface area (Å²) in [4.78, 5) is 1.90. The Hall–Kier alpha value is -1.13. The minimum Gasteiger partial charge on any atom is -0.395 e. The molecule has 0 saturated carbocycles. The Morgan fingerprint density at radius 1 is 1.39 bits per heavy atom. The van der Waals surface area contributed by atoms with Gasteiger partial charge in [0.1, 0.15) is 5.82 Å². The molecule has 3 nitrogen and oxygen atoms in total. The SMILES string of the molecule is CCNCc1cccc(F)c1N(CCO)C(C)C. The van der Waals surface area contributed by atoms with Crippen LogP contribution in [0.25, 0.3) is 0 Å². The van der Waals surface area contributed by atoms with Crippen LogP contribution in [0.15, 0.2) is 18.2 Å². The van der Waals surface area contributed by atoms with Crippen molar-refractivity contribution in [3.8, 4) is 0 Å². The Morgan fingerprint density at radius 3 is 2.67 bits per heavy atom. The minimum atomic E-state index is -0.229. The van der Waals surface area contributed by atoms with Gasteiger partial charge in [-0.3, -0.25) is 0 Å². The molecule has 102 valence electrons. The number of nitrogens with zero attached hydrogens (tertiary/aromatic N) is 1. The van der Waals surface area contributed by atoms with Gasteiger partial charge in [-0.25, -0.2) is 4.39 Å². The highest BCUT2D eigenvalue weighted by molar-refractivity contribution is 5.55. The molecular weight excluding hydrogens is 231 g/mol. The van der Waals surface area contributed by atoms with Gasteiger partial charge < -0.3 is 15.3 Å². The average Bonchev–Trinajstić information content (AvgIpc) is 2.34. The summed E-state index contributed by atoms with van der Waals surface area (Å²) in [6, 6.07) is 5.27. The molecule has 1 aromatic rings. The number of aliphatic hydroxyl groups excluding tert-OH is 1. The Kier molecular flexibility index (Phi) is 6.09. The lowest BCUT2D eigenvalue weighted by atomic mass is 10.1. The second kappa shape index (κ2) is 7.34. The molecule has 0 saturated heterocycles. The molecule has 0 aliphatic rings. The van der Waals surface area contributed by atoms with Crippen LogP contribution < -0.4 is 10.2 Å². The van der Waals surface area contributed by atoms with Gasteiger partial charge in [0.05, 0.1) is 12.3 Å². The van der Waals surface area contributed by atoms with E-state index in [1.807, 2.05) is 31.7 Å². The number of para-hydroxylation sites is 1. The number of nitrogens with one attached hydrogen (secondary N) is 1. The fraction of sp³-hybridized carbons (Fsp3) is 0.571. The van der Waals surface area contributed by atoms with Gasteiger partial charge in [0.25, 0.3) is 0 Å². The lowest BCUT2D eigenvalue weighted by molar-refractivity contribution is 0.298. The Morgan fingerprint density at radius 2 is 2.11 bits per heavy atom. The standard InChI is InChI=1S/C14H23FN2O/c1-4-16-10-12-6-5-7-13(15)14(12)17(8-9-18)11(2)3/h5-7,11,16,18H,4,8-10H2,1-3H3. The average molecular weight is 254 g/mol. The Balaban J connectivity index is 3.09. The highest BCUT2D eigenvalue weighted by Crippen LogP contribution is 2.26. The van der Waals surface area contributed by atoms with Crippen LogP contribution in [-0.4, -0.2) is 30.8 Å². The number of rotatable bonds is 7. The third-order valence-electron chi connectivity index (χ3n) is 2.89. The van der Waals surface area contributed by atoms with Crippen molar-refractivity contribution in [2.75, 3.05) is 24.6 Å². The smallest absolute Gasteiger partial charge is 0.146 e. The van der Waals surface area contributed by atoms with Crippen LogP contribution in [0.3, 0.4) is 0 Å². The normalized spacial score (nSPS) is 11.0. The number of benzene rings is 1. The van der Waals surface area contributed by atoms with E-state index in [4.69, 9.17) is 5.11 Å². The van der Waals surface area contributed by atoms with Crippen LogP contribution >= 0.6 is 0 Å². The fourth-order valence-electron chi connectivity index (χ4n) is 2.02. The quantitative estimate of drug-likeness (QED) is 0.782. The first-order valence-electron chi connectivity index (χ1n) is 6.47. The molecule has 0 bridgehead atoms. The summed E-state index contributed by atoms with van der Waals surface area (Å²) in [5.41, 5.74) is 1.53. The summed E-state index contributed by atoms with van der Waals surface area (Å²) in [5.74, 6) is -0.229. The molecule has 18 heavy (non-hydrogen) atoms.